The predicted molar refractivity (Wildman–Crippen MR) is 73.8 cm³/mol. The van der Waals surface area contributed by atoms with E-state index in [2.05, 4.69) is 20.3 Å². The summed E-state index contributed by atoms with van der Waals surface area (Å²) in [7, 11) is 0. The number of ether oxygens (including phenoxy) is 1. The van der Waals surface area contributed by atoms with Crippen molar-refractivity contribution in [3.8, 4) is 5.88 Å². The van der Waals surface area contributed by atoms with Gasteiger partial charge < -0.3 is 15.8 Å². The molecule has 0 aliphatic heterocycles. The summed E-state index contributed by atoms with van der Waals surface area (Å²) in [5.74, 6) is 1.14. The number of rotatable bonds is 5. The molecular formula is C13H17N5O. The summed E-state index contributed by atoms with van der Waals surface area (Å²) >= 11 is 0. The largest absolute Gasteiger partial charge is 0.473 e. The predicted octanol–water partition coefficient (Wildman–Crippen LogP) is 1.85. The summed E-state index contributed by atoms with van der Waals surface area (Å²) in [5, 5.41) is 3.16. The van der Waals surface area contributed by atoms with Crippen molar-refractivity contribution in [3.05, 3.63) is 36.4 Å². The molecule has 0 atom stereocenters. The second kappa shape index (κ2) is 5.99. The Morgan fingerprint density at radius 2 is 2.16 bits per heavy atom. The molecule has 2 heterocycles. The summed E-state index contributed by atoms with van der Waals surface area (Å²) < 4.78 is 5.54. The van der Waals surface area contributed by atoms with Crippen molar-refractivity contribution in [2.45, 2.75) is 26.5 Å². The van der Waals surface area contributed by atoms with Crippen LogP contribution in [0.4, 0.5) is 11.5 Å². The fraction of sp³-hybridized carbons (Fsp3) is 0.308. The molecule has 6 nitrogen and oxygen atoms in total. The number of pyridine rings is 1. The molecule has 3 N–H and O–H groups in total. The molecule has 0 bridgehead atoms. The van der Waals surface area contributed by atoms with E-state index in [0.29, 0.717) is 23.9 Å². The number of hydrogen-bond acceptors (Lipinski definition) is 6. The highest BCUT2D eigenvalue weighted by Gasteiger charge is 2.06. The van der Waals surface area contributed by atoms with Gasteiger partial charge in [-0.3, -0.25) is 0 Å². The van der Waals surface area contributed by atoms with Gasteiger partial charge in [0.1, 0.15) is 12.1 Å². The average Bonchev–Trinajstić information content (AvgIpc) is 2.40. The average molecular weight is 259 g/mol. The Labute approximate surface area is 112 Å². The van der Waals surface area contributed by atoms with Crippen LogP contribution in [-0.2, 0) is 6.54 Å². The standard InChI is InChI=1S/C13H17N5O/c1-9(2)19-13-11(14)3-4-12(18-13)16-7-10-5-6-15-8-17-10/h3-6,8-9H,7,14H2,1-2H3,(H,16,18). The quantitative estimate of drug-likeness (QED) is 0.852. The van der Waals surface area contributed by atoms with Crippen LogP contribution in [0, 0.1) is 0 Å². The van der Waals surface area contributed by atoms with E-state index in [-0.39, 0.29) is 6.10 Å². The third-order valence-electron chi connectivity index (χ3n) is 2.33. The summed E-state index contributed by atoms with van der Waals surface area (Å²) in [5.41, 5.74) is 7.23. The molecule has 2 rings (SSSR count). The van der Waals surface area contributed by atoms with Gasteiger partial charge in [0.25, 0.3) is 0 Å². The molecular weight excluding hydrogens is 242 g/mol. The first-order valence-electron chi connectivity index (χ1n) is 6.07. The minimum Gasteiger partial charge on any atom is -0.473 e. The Morgan fingerprint density at radius 1 is 1.32 bits per heavy atom. The molecule has 0 saturated carbocycles. The van der Waals surface area contributed by atoms with Crippen LogP contribution in [0.3, 0.4) is 0 Å². The van der Waals surface area contributed by atoms with Gasteiger partial charge >= 0.3 is 0 Å². The molecule has 6 heteroatoms. The van der Waals surface area contributed by atoms with Gasteiger partial charge in [0.05, 0.1) is 24.0 Å². The molecule has 19 heavy (non-hydrogen) atoms. The summed E-state index contributed by atoms with van der Waals surface area (Å²) in [4.78, 5) is 12.3. The van der Waals surface area contributed by atoms with Crippen molar-refractivity contribution in [2.24, 2.45) is 0 Å². The Hall–Kier alpha value is -2.37. The molecule has 0 aliphatic rings. The third-order valence-corrected chi connectivity index (χ3v) is 2.33. The lowest BCUT2D eigenvalue weighted by Gasteiger charge is -2.12. The number of nitrogens with one attached hydrogen (secondary N) is 1. The molecule has 0 unspecified atom stereocenters. The lowest BCUT2D eigenvalue weighted by atomic mass is 10.3. The van der Waals surface area contributed by atoms with Crippen LogP contribution >= 0.6 is 0 Å². The van der Waals surface area contributed by atoms with Crippen molar-refractivity contribution < 1.29 is 4.74 Å². The number of nitrogens with two attached hydrogens (primary N) is 1. The van der Waals surface area contributed by atoms with Gasteiger partial charge in [-0.25, -0.2) is 9.97 Å². The van der Waals surface area contributed by atoms with E-state index in [1.54, 1.807) is 12.3 Å². The van der Waals surface area contributed by atoms with Gasteiger partial charge in [0, 0.05) is 6.20 Å². The molecule has 0 amide bonds. The Kier molecular flexibility index (Phi) is 4.12. The molecule has 0 fully saturated rings. The number of anilines is 2. The number of aromatic nitrogens is 3. The Morgan fingerprint density at radius 3 is 2.84 bits per heavy atom. The second-order valence-electron chi connectivity index (χ2n) is 4.31. The summed E-state index contributed by atoms with van der Waals surface area (Å²) in [6.07, 6.45) is 3.25. The molecule has 0 aliphatic carbocycles. The summed E-state index contributed by atoms with van der Waals surface area (Å²) in [6, 6.07) is 5.42. The van der Waals surface area contributed by atoms with E-state index < -0.39 is 0 Å². The third kappa shape index (κ3) is 3.80. The minimum absolute atomic E-state index is 0.0342. The molecule has 0 spiro atoms. The Bertz CT molecular complexity index is 530. The van der Waals surface area contributed by atoms with Crippen molar-refractivity contribution >= 4 is 11.5 Å². The monoisotopic (exact) mass is 259 g/mol. The highest BCUT2D eigenvalue weighted by molar-refractivity contribution is 5.53. The molecule has 2 aromatic rings. The molecule has 2 aromatic heterocycles. The number of nitrogen functional groups attached to an aromatic ring is 1. The van der Waals surface area contributed by atoms with Crippen LogP contribution < -0.4 is 15.8 Å². The van der Waals surface area contributed by atoms with Crippen LogP contribution in [0.15, 0.2) is 30.7 Å². The topological polar surface area (TPSA) is 86.0 Å². The zero-order valence-electron chi connectivity index (χ0n) is 11.0. The van der Waals surface area contributed by atoms with Gasteiger partial charge in [0.15, 0.2) is 0 Å². The minimum atomic E-state index is 0.0342. The zero-order chi connectivity index (χ0) is 13.7. The van der Waals surface area contributed by atoms with Crippen molar-refractivity contribution in [3.63, 3.8) is 0 Å². The normalized spacial score (nSPS) is 10.5. The SMILES string of the molecule is CC(C)Oc1nc(NCc2ccncn2)ccc1N. The summed E-state index contributed by atoms with van der Waals surface area (Å²) in [6.45, 7) is 4.44. The van der Waals surface area contributed by atoms with Gasteiger partial charge in [-0.05, 0) is 32.0 Å². The maximum atomic E-state index is 5.81. The number of nitrogens with zero attached hydrogens (tertiary/aromatic N) is 3. The van der Waals surface area contributed by atoms with Crippen molar-refractivity contribution in [1.29, 1.82) is 0 Å². The van der Waals surface area contributed by atoms with E-state index in [1.807, 2.05) is 26.0 Å². The maximum Gasteiger partial charge on any atom is 0.239 e. The lowest BCUT2D eigenvalue weighted by molar-refractivity contribution is 0.234. The number of hydrogen-bond donors (Lipinski definition) is 2. The smallest absolute Gasteiger partial charge is 0.239 e. The lowest BCUT2D eigenvalue weighted by Crippen LogP contribution is -2.10. The van der Waals surface area contributed by atoms with Crippen LogP contribution in [0.5, 0.6) is 5.88 Å². The van der Waals surface area contributed by atoms with Gasteiger partial charge in [-0.15, -0.1) is 0 Å². The van der Waals surface area contributed by atoms with Crippen molar-refractivity contribution in [2.75, 3.05) is 11.1 Å². The van der Waals surface area contributed by atoms with Gasteiger partial charge in [-0.1, -0.05) is 0 Å². The van der Waals surface area contributed by atoms with E-state index in [1.165, 1.54) is 6.33 Å². The molecule has 0 radical (unpaired) electrons. The zero-order valence-corrected chi connectivity index (χ0v) is 11.0. The first kappa shape index (κ1) is 13.1. The van der Waals surface area contributed by atoms with Crippen molar-refractivity contribution in [1.82, 2.24) is 15.0 Å². The van der Waals surface area contributed by atoms with E-state index in [4.69, 9.17) is 10.5 Å². The molecule has 0 saturated heterocycles. The first-order valence-corrected chi connectivity index (χ1v) is 6.07. The Balaban J connectivity index is 2.04. The highest BCUT2D eigenvalue weighted by Crippen LogP contribution is 2.22. The first-order chi connectivity index (χ1) is 9.15. The van der Waals surface area contributed by atoms with Crippen LogP contribution in [0.1, 0.15) is 19.5 Å². The van der Waals surface area contributed by atoms with Gasteiger partial charge in [0.2, 0.25) is 5.88 Å². The van der Waals surface area contributed by atoms with Crippen LogP contribution in [0.25, 0.3) is 0 Å². The van der Waals surface area contributed by atoms with Crippen LogP contribution in [-0.4, -0.2) is 21.1 Å². The second-order valence-corrected chi connectivity index (χ2v) is 4.31. The highest BCUT2D eigenvalue weighted by atomic mass is 16.5. The molecule has 100 valence electrons. The van der Waals surface area contributed by atoms with E-state index in [0.717, 1.165) is 5.69 Å². The van der Waals surface area contributed by atoms with E-state index >= 15 is 0 Å². The molecule has 0 aromatic carbocycles. The van der Waals surface area contributed by atoms with Gasteiger partial charge in [-0.2, -0.15) is 4.98 Å². The van der Waals surface area contributed by atoms with E-state index in [9.17, 15) is 0 Å². The maximum absolute atomic E-state index is 5.81. The van der Waals surface area contributed by atoms with Crippen LogP contribution in [0.2, 0.25) is 0 Å². The fourth-order valence-corrected chi connectivity index (χ4v) is 1.47. The fourth-order valence-electron chi connectivity index (χ4n) is 1.47.